The van der Waals surface area contributed by atoms with Crippen LogP contribution < -0.4 is 0 Å². The number of aliphatic hydroxyl groups excluding tert-OH is 3. The van der Waals surface area contributed by atoms with Crippen molar-refractivity contribution in [3.8, 4) is 0 Å². The van der Waals surface area contributed by atoms with Crippen LogP contribution in [0, 0.1) is 6.92 Å². The van der Waals surface area contributed by atoms with E-state index in [1.807, 2.05) is 32.0 Å². The Morgan fingerprint density at radius 2 is 1.17 bits per heavy atom. The molecule has 1 aliphatic rings. The van der Waals surface area contributed by atoms with E-state index in [0.29, 0.717) is 0 Å². The van der Waals surface area contributed by atoms with Gasteiger partial charge in [0.05, 0.1) is 5.34 Å². The van der Waals surface area contributed by atoms with E-state index in [2.05, 4.69) is 32.9 Å². The third kappa shape index (κ3) is 108. The molecule has 2 rings (SSSR count). The second-order valence-electron chi connectivity index (χ2n) is 6.97. The Hall–Kier alpha value is -0.400. The molecule has 1 aromatic carbocycles. The minimum absolute atomic E-state index is 0.167. The molecule has 1 heterocycles. The summed E-state index contributed by atoms with van der Waals surface area (Å²) in [5.41, 5.74) is 1.32. The SMILES string of the molecule is C1CCOC1.CC(C)O.CCCCCC.CCO.CCOCC.CO.Cc1ccccc1.ClCCl. The molecule has 0 amide bonds. The molecule has 0 saturated carbocycles. The van der Waals surface area contributed by atoms with Crippen molar-refractivity contribution in [2.24, 2.45) is 0 Å². The Bertz CT molecular complexity index is 347. The zero-order valence-electron chi connectivity index (χ0n) is 24.4. The van der Waals surface area contributed by atoms with Crippen molar-refractivity contribution in [2.75, 3.05) is 45.5 Å². The van der Waals surface area contributed by atoms with E-state index in [1.54, 1.807) is 20.8 Å². The first kappa shape index (κ1) is 47.8. The maximum Gasteiger partial charge on any atom is 0.0967 e. The molecule has 0 aromatic heterocycles. The number of benzene rings is 1. The molecule has 0 spiro atoms. The van der Waals surface area contributed by atoms with Gasteiger partial charge in [-0.3, -0.25) is 0 Å². The zero-order chi connectivity index (χ0) is 28.6. The highest BCUT2D eigenvalue weighted by Crippen LogP contribution is 1.98. The number of rotatable bonds is 5. The van der Waals surface area contributed by atoms with Gasteiger partial charge < -0.3 is 24.8 Å². The maximum atomic E-state index is 8.06. The van der Waals surface area contributed by atoms with Gasteiger partial charge in [0.15, 0.2) is 0 Å². The lowest BCUT2D eigenvalue weighted by atomic mass is 10.2. The highest BCUT2D eigenvalue weighted by atomic mass is 35.5. The van der Waals surface area contributed by atoms with E-state index in [1.165, 1.54) is 44.1 Å². The fourth-order valence-electron chi connectivity index (χ4n) is 1.75. The Morgan fingerprint density at radius 1 is 0.857 bits per heavy atom. The molecule has 35 heavy (non-hydrogen) atoms. The van der Waals surface area contributed by atoms with Crippen molar-refractivity contribution in [1.29, 1.82) is 0 Å². The number of alkyl halides is 2. The van der Waals surface area contributed by atoms with E-state index in [9.17, 15) is 0 Å². The Morgan fingerprint density at radius 3 is 1.29 bits per heavy atom. The van der Waals surface area contributed by atoms with Crippen LogP contribution in [0.4, 0.5) is 0 Å². The van der Waals surface area contributed by atoms with Crippen LogP contribution in [0.1, 0.15) is 92.6 Å². The summed E-state index contributed by atoms with van der Waals surface area (Å²) >= 11 is 9.53. The first-order valence-electron chi connectivity index (χ1n) is 12.8. The van der Waals surface area contributed by atoms with Crippen LogP contribution in [0.3, 0.4) is 0 Å². The Labute approximate surface area is 229 Å². The van der Waals surface area contributed by atoms with E-state index in [0.717, 1.165) is 33.5 Å². The van der Waals surface area contributed by atoms with Crippen LogP contribution in [0.5, 0.6) is 0 Å². The van der Waals surface area contributed by atoms with Crippen LogP contribution in [0.2, 0.25) is 0 Å². The Kier molecular flexibility index (Phi) is 80.5. The summed E-state index contributed by atoms with van der Waals surface area (Å²) in [4.78, 5) is 0. The lowest BCUT2D eigenvalue weighted by molar-refractivity contribution is 0.162. The predicted octanol–water partition coefficient (Wildman–Crippen LogP) is 7.84. The fourth-order valence-corrected chi connectivity index (χ4v) is 1.75. The summed E-state index contributed by atoms with van der Waals surface area (Å²) in [5.74, 6) is 0. The highest BCUT2D eigenvalue weighted by molar-refractivity contribution is 6.40. The second-order valence-corrected chi connectivity index (χ2v) is 7.78. The molecule has 216 valence electrons. The topological polar surface area (TPSA) is 79.2 Å². The van der Waals surface area contributed by atoms with Crippen molar-refractivity contribution in [3.63, 3.8) is 0 Å². The van der Waals surface area contributed by atoms with Gasteiger partial charge in [-0.1, -0.05) is 75.4 Å². The minimum Gasteiger partial charge on any atom is -0.400 e. The molecular formula is C28H60Cl2O5. The minimum atomic E-state index is -0.167. The molecule has 3 N–H and O–H groups in total. The average Bonchev–Trinajstić information content (AvgIpc) is 3.42. The van der Waals surface area contributed by atoms with E-state index in [-0.39, 0.29) is 18.1 Å². The van der Waals surface area contributed by atoms with Gasteiger partial charge in [-0.2, -0.15) is 0 Å². The molecule has 1 aliphatic heterocycles. The quantitative estimate of drug-likeness (QED) is 0.259. The van der Waals surface area contributed by atoms with Crippen LogP contribution in [-0.4, -0.2) is 66.9 Å². The molecule has 1 aromatic rings. The molecule has 1 fully saturated rings. The normalized spacial score (nSPS) is 10.1. The predicted molar refractivity (Wildman–Crippen MR) is 158 cm³/mol. The van der Waals surface area contributed by atoms with Gasteiger partial charge >= 0.3 is 0 Å². The summed E-state index contributed by atoms with van der Waals surface area (Å²) in [7, 11) is 1.00. The molecule has 7 heteroatoms. The van der Waals surface area contributed by atoms with Gasteiger partial charge in [-0.05, 0) is 54.4 Å². The third-order valence-electron chi connectivity index (χ3n) is 3.13. The molecule has 0 atom stereocenters. The van der Waals surface area contributed by atoms with Gasteiger partial charge in [0.25, 0.3) is 0 Å². The van der Waals surface area contributed by atoms with E-state index in [4.69, 9.17) is 48.0 Å². The second kappa shape index (κ2) is 59.0. The van der Waals surface area contributed by atoms with E-state index >= 15 is 0 Å². The number of ether oxygens (including phenoxy) is 2. The largest absolute Gasteiger partial charge is 0.400 e. The highest BCUT2D eigenvalue weighted by Gasteiger charge is 1.94. The van der Waals surface area contributed by atoms with Crippen molar-refractivity contribution in [2.45, 2.75) is 100 Å². The number of hydrogen-bond donors (Lipinski definition) is 3. The monoisotopic (exact) mass is 546 g/mol. The van der Waals surface area contributed by atoms with Crippen molar-refractivity contribution in [3.05, 3.63) is 35.9 Å². The number of aryl methyl sites for hydroxylation is 1. The third-order valence-corrected chi connectivity index (χ3v) is 3.13. The summed E-state index contributed by atoms with van der Waals surface area (Å²) in [6.07, 6.45) is 7.93. The summed E-state index contributed by atoms with van der Waals surface area (Å²) < 4.78 is 9.78. The van der Waals surface area contributed by atoms with Gasteiger partial charge in [0, 0.05) is 46.2 Å². The Balaban J connectivity index is -0.0000000707. The molecule has 0 unspecified atom stereocenters. The van der Waals surface area contributed by atoms with Crippen LogP contribution in [0.15, 0.2) is 30.3 Å². The lowest BCUT2D eigenvalue weighted by Gasteiger charge is -1.86. The van der Waals surface area contributed by atoms with Gasteiger partial charge in [-0.15, -0.1) is 23.2 Å². The molecule has 0 bridgehead atoms. The average molecular weight is 548 g/mol. The summed E-state index contributed by atoms with van der Waals surface area (Å²) in [6, 6.07) is 10.3. The fraction of sp³-hybridized carbons (Fsp3) is 0.786. The smallest absolute Gasteiger partial charge is 0.0967 e. The van der Waals surface area contributed by atoms with Gasteiger partial charge in [0.1, 0.15) is 0 Å². The number of hydrogen-bond acceptors (Lipinski definition) is 5. The summed E-state index contributed by atoms with van der Waals surface area (Å²) in [6.45, 7) is 19.6. The molecule has 1 saturated heterocycles. The summed E-state index contributed by atoms with van der Waals surface area (Å²) in [5, 5.41) is 22.8. The zero-order valence-corrected chi connectivity index (χ0v) is 25.9. The number of aliphatic hydroxyl groups is 3. The van der Waals surface area contributed by atoms with Crippen LogP contribution in [0.25, 0.3) is 0 Å². The van der Waals surface area contributed by atoms with Crippen molar-refractivity contribution in [1.82, 2.24) is 0 Å². The van der Waals surface area contributed by atoms with Crippen molar-refractivity contribution >= 4 is 23.2 Å². The van der Waals surface area contributed by atoms with Gasteiger partial charge in [-0.25, -0.2) is 0 Å². The molecule has 5 nitrogen and oxygen atoms in total. The van der Waals surface area contributed by atoms with E-state index < -0.39 is 0 Å². The number of halogens is 2. The van der Waals surface area contributed by atoms with Crippen LogP contribution in [-0.2, 0) is 9.47 Å². The standard InChI is InChI=1S/C7H8.C6H14.C4H8O.C4H10O.C3H8O.C2H6O.CH2Cl2.CH4O/c1-7-5-3-2-4-6-7;1-3-5-6-4-2;1-2-4-5-3-1;1-3-5-4-2;1-3(2)4;1-2-3;2-1-3;1-2/h2-6H,1H3;3-6H2,1-2H3;1-4H2;3-4H2,1-2H3;3-4H,1-2H3;3H,2H2,1H3;1H2;2H,1H3. The van der Waals surface area contributed by atoms with Crippen LogP contribution >= 0.6 is 23.2 Å². The molecule has 0 radical (unpaired) electrons. The number of unbranched alkanes of at least 4 members (excludes halogenated alkanes) is 3. The maximum absolute atomic E-state index is 8.06. The molecular weight excluding hydrogens is 487 g/mol. The van der Waals surface area contributed by atoms with Crippen molar-refractivity contribution < 1.29 is 24.8 Å². The first-order valence-corrected chi connectivity index (χ1v) is 13.9. The first-order chi connectivity index (χ1) is 16.8. The van der Waals surface area contributed by atoms with Gasteiger partial charge in [0.2, 0.25) is 0 Å². The lowest BCUT2D eigenvalue weighted by Crippen LogP contribution is -1.85. The molecule has 0 aliphatic carbocycles.